The second-order valence-corrected chi connectivity index (χ2v) is 3.05. The first kappa shape index (κ1) is 11.1. The minimum Gasteiger partial charge on any atom is -0.480 e. The van der Waals surface area contributed by atoms with Crippen LogP contribution in [0.2, 0.25) is 0 Å². The van der Waals surface area contributed by atoms with Crippen molar-refractivity contribution in [3.8, 4) is 5.88 Å². The molecule has 0 saturated heterocycles. The number of hydrogen-bond donors (Lipinski definition) is 0. The van der Waals surface area contributed by atoms with Crippen LogP contribution in [0.1, 0.15) is 18.2 Å². The second kappa shape index (κ2) is 4.04. The van der Waals surface area contributed by atoms with Crippen LogP contribution in [0, 0.1) is 0 Å². The summed E-state index contributed by atoms with van der Waals surface area (Å²) in [6.07, 6.45) is 0. The first-order valence-corrected chi connectivity index (χ1v) is 4.37. The Labute approximate surface area is 85.0 Å². The fourth-order valence-corrected chi connectivity index (χ4v) is 1.09. The minimum absolute atomic E-state index is 0.0573. The molecular weight excluding hydrogens is 214 g/mol. The highest BCUT2D eigenvalue weighted by Crippen LogP contribution is 2.27. The van der Waals surface area contributed by atoms with Crippen molar-refractivity contribution in [1.29, 1.82) is 0 Å². The third-order valence-corrected chi connectivity index (χ3v) is 1.91. The molecule has 0 spiro atoms. The maximum atomic E-state index is 12.8. The van der Waals surface area contributed by atoms with E-state index < -0.39 is 11.6 Å². The van der Waals surface area contributed by atoms with Crippen molar-refractivity contribution in [2.45, 2.75) is 18.7 Å². The molecule has 78 valence electrons. The van der Waals surface area contributed by atoms with Crippen LogP contribution in [0.4, 0.5) is 8.78 Å². The number of ether oxygens (including phenoxy) is 1. The zero-order valence-electron chi connectivity index (χ0n) is 7.72. The smallest absolute Gasteiger partial charge is 0.288 e. The van der Waals surface area contributed by atoms with Crippen molar-refractivity contribution in [3.05, 3.63) is 17.3 Å². The van der Waals surface area contributed by atoms with E-state index in [0.29, 0.717) is 5.56 Å². The Hall–Kier alpha value is -0.970. The van der Waals surface area contributed by atoms with Gasteiger partial charge in [-0.1, -0.05) is 0 Å². The van der Waals surface area contributed by atoms with Gasteiger partial charge in [0.05, 0.1) is 13.0 Å². The SMILES string of the molecule is COc1nnc(C(C)(F)F)cc1CCl. The number of alkyl halides is 3. The van der Waals surface area contributed by atoms with E-state index >= 15 is 0 Å². The highest BCUT2D eigenvalue weighted by molar-refractivity contribution is 6.17. The Morgan fingerprint density at radius 2 is 2.14 bits per heavy atom. The van der Waals surface area contributed by atoms with Crippen molar-refractivity contribution in [3.63, 3.8) is 0 Å². The third kappa shape index (κ3) is 2.29. The Balaban J connectivity index is 3.14. The molecule has 0 aliphatic carbocycles. The molecule has 3 nitrogen and oxygen atoms in total. The first-order chi connectivity index (χ1) is 6.49. The van der Waals surface area contributed by atoms with E-state index in [1.807, 2.05) is 0 Å². The van der Waals surface area contributed by atoms with Gasteiger partial charge in [0.15, 0.2) is 0 Å². The summed E-state index contributed by atoms with van der Waals surface area (Å²) in [5, 5.41) is 6.84. The molecule has 0 atom stereocenters. The summed E-state index contributed by atoms with van der Waals surface area (Å²) in [6.45, 7) is 0.751. The normalized spacial score (nSPS) is 11.5. The van der Waals surface area contributed by atoms with Crippen LogP contribution in [0.15, 0.2) is 6.07 Å². The predicted octanol–water partition coefficient (Wildman–Crippen LogP) is 2.34. The van der Waals surface area contributed by atoms with Crippen molar-refractivity contribution >= 4 is 11.6 Å². The molecule has 0 aromatic carbocycles. The lowest BCUT2D eigenvalue weighted by molar-refractivity contribution is 0.0116. The number of nitrogens with zero attached hydrogens (tertiary/aromatic N) is 2. The lowest BCUT2D eigenvalue weighted by Gasteiger charge is -2.10. The van der Waals surface area contributed by atoms with Gasteiger partial charge in [0.2, 0.25) is 5.88 Å². The van der Waals surface area contributed by atoms with Crippen molar-refractivity contribution in [1.82, 2.24) is 10.2 Å². The van der Waals surface area contributed by atoms with Crippen molar-refractivity contribution in [2.75, 3.05) is 7.11 Å². The molecular formula is C8H9ClF2N2O. The minimum atomic E-state index is -3.01. The van der Waals surface area contributed by atoms with E-state index in [2.05, 4.69) is 10.2 Å². The molecule has 0 bridgehead atoms. The highest BCUT2D eigenvalue weighted by atomic mass is 35.5. The quantitative estimate of drug-likeness (QED) is 0.737. The van der Waals surface area contributed by atoms with E-state index in [-0.39, 0.29) is 11.8 Å². The van der Waals surface area contributed by atoms with Gasteiger partial charge in [-0.25, -0.2) is 0 Å². The Bertz CT molecular complexity index is 328. The number of methoxy groups -OCH3 is 1. The summed E-state index contributed by atoms with van der Waals surface area (Å²) in [4.78, 5) is 0. The molecule has 14 heavy (non-hydrogen) atoms. The monoisotopic (exact) mass is 222 g/mol. The Morgan fingerprint density at radius 1 is 1.50 bits per heavy atom. The van der Waals surface area contributed by atoms with Gasteiger partial charge >= 0.3 is 0 Å². The molecule has 0 fully saturated rings. The average Bonchev–Trinajstić information content (AvgIpc) is 2.15. The van der Waals surface area contributed by atoms with Gasteiger partial charge in [-0.15, -0.1) is 21.8 Å². The molecule has 1 heterocycles. The van der Waals surface area contributed by atoms with Gasteiger partial charge in [-0.2, -0.15) is 8.78 Å². The molecule has 0 aliphatic heterocycles. The summed E-state index contributed by atoms with van der Waals surface area (Å²) in [7, 11) is 1.38. The summed E-state index contributed by atoms with van der Waals surface area (Å²) in [5.41, 5.74) is -0.00496. The largest absolute Gasteiger partial charge is 0.480 e. The van der Waals surface area contributed by atoms with Crippen LogP contribution < -0.4 is 4.74 Å². The first-order valence-electron chi connectivity index (χ1n) is 3.84. The zero-order chi connectivity index (χ0) is 10.8. The maximum absolute atomic E-state index is 12.8. The van der Waals surface area contributed by atoms with E-state index in [4.69, 9.17) is 16.3 Å². The Kier molecular flexibility index (Phi) is 3.21. The van der Waals surface area contributed by atoms with Gasteiger partial charge in [0.25, 0.3) is 5.92 Å². The van der Waals surface area contributed by atoms with Gasteiger partial charge < -0.3 is 4.74 Å². The van der Waals surface area contributed by atoms with E-state index in [1.54, 1.807) is 0 Å². The molecule has 6 heteroatoms. The van der Waals surface area contributed by atoms with Crippen LogP contribution in [0.25, 0.3) is 0 Å². The lowest BCUT2D eigenvalue weighted by atomic mass is 10.2. The second-order valence-electron chi connectivity index (χ2n) is 2.79. The molecule has 1 rings (SSSR count). The standard InChI is InChI=1S/C8H9ClF2N2O/c1-8(10,11)6-3-5(4-9)7(14-2)13-12-6/h3H,4H2,1-2H3. The maximum Gasteiger partial charge on any atom is 0.288 e. The Morgan fingerprint density at radius 3 is 2.57 bits per heavy atom. The van der Waals surface area contributed by atoms with Crippen LogP contribution in [0.3, 0.4) is 0 Å². The van der Waals surface area contributed by atoms with E-state index in [1.165, 1.54) is 13.2 Å². The van der Waals surface area contributed by atoms with Crippen LogP contribution >= 0.6 is 11.6 Å². The fraction of sp³-hybridized carbons (Fsp3) is 0.500. The molecule has 1 aromatic heterocycles. The van der Waals surface area contributed by atoms with Crippen molar-refractivity contribution < 1.29 is 13.5 Å². The van der Waals surface area contributed by atoms with Gasteiger partial charge in [-0.05, 0) is 6.07 Å². The van der Waals surface area contributed by atoms with E-state index in [0.717, 1.165) is 6.92 Å². The lowest BCUT2D eigenvalue weighted by Crippen LogP contribution is -2.12. The molecule has 0 unspecified atom stereocenters. The molecule has 0 N–H and O–H groups in total. The predicted molar refractivity (Wildman–Crippen MR) is 47.7 cm³/mol. The van der Waals surface area contributed by atoms with Crippen molar-refractivity contribution in [2.24, 2.45) is 0 Å². The molecule has 0 aliphatic rings. The zero-order valence-corrected chi connectivity index (χ0v) is 8.48. The van der Waals surface area contributed by atoms with Crippen LogP contribution in [-0.2, 0) is 11.8 Å². The highest BCUT2D eigenvalue weighted by Gasteiger charge is 2.27. The number of hydrogen-bond acceptors (Lipinski definition) is 3. The third-order valence-electron chi connectivity index (χ3n) is 1.62. The summed E-state index contributed by atoms with van der Waals surface area (Å²) in [6, 6.07) is 1.19. The van der Waals surface area contributed by atoms with Gasteiger partial charge in [0.1, 0.15) is 5.69 Å². The molecule has 0 radical (unpaired) electrons. The topological polar surface area (TPSA) is 35.0 Å². The number of aromatic nitrogens is 2. The van der Waals surface area contributed by atoms with Crippen LogP contribution in [0.5, 0.6) is 5.88 Å². The number of halogens is 3. The van der Waals surface area contributed by atoms with Gasteiger partial charge in [-0.3, -0.25) is 0 Å². The van der Waals surface area contributed by atoms with E-state index in [9.17, 15) is 8.78 Å². The van der Waals surface area contributed by atoms with Crippen LogP contribution in [-0.4, -0.2) is 17.3 Å². The number of rotatable bonds is 3. The van der Waals surface area contributed by atoms with Gasteiger partial charge in [0, 0.05) is 12.5 Å². The summed E-state index contributed by atoms with van der Waals surface area (Å²) in [5.74, 6) is -2.78. The molecule has 0 amide bonds. The molecule has 0 saturated carbocycles. The molecule has 1 aromatic rings. The average molecular weight is 223 g/mol. The summed E-state index contributed by atoms with van der Waals surface area (Å²) < 4.78 is 30.4. The summed E-state index contributed by atoms with van der Waals surface area (Å²) >= 11 is 5.54. The fourth-order valence-electron chi connectivity index (χ4n) is 0.901.